The summed E-state index contributed by atoms with van der Waals surface area (Å²) in [5.41, 5.74) is 6.64. The molecule has 0 bridgehead atoms. The van der Waals surface area contributed by atoms with E-state index in [0.29, 0.717) is 13.1 Å². The molecule has 0 radical (unpaired) electrons. The minimum absolute atomic E-state index is 0.0803. The molecule has 0 aliphatic carbocycles. The molecule has 2 amide bonds. The lowest BCUT2D eigenvalue weighted by Crippen LogP contribution is -2.45. The number of carbonyl (C=O) groups excluding carboxylic acids is 1. The maximum Gasteiger partial charge on any atom is 0.318 e. The van der Waals surface area contributed by atoms with Crippen LogP contribution in [0.5, 0.6) is 11.5 Å². The SMILES string of the molecule is COc1ccc([C@@H]2c3[nH]c4ccc(OC)cc4c3CCN2C(=O)NCc2ccc(C)cc2)cc1. The van der Waals surface area contributed by atoms with Gasteiger partial charge in [-0.3, -0.25) is 0 Å². The number of ether oxygens (including phenoxy) is 2. The van der Waals surface area contributed by atoms with Gasteiger partial charge >= 0.3 is 6.03 Å². The van der Waals surface area contributed by atoms with Crippen molar-refractivity contribution in [2.75, 3.05) is 20.8 Å². The highest BCUT2D eigenvalue weighted by molar-refractivity contribution is 5.87. The van der Waals surface area contributed by atoms with Gasteiger partial charge in [-0.1, -0.05) is 42.0 Å². The summed E-state index contributed by atoms with van der Waals surface area (Å²) in [6, 6.07) is 21.9. The van der Waals surface area contributed by atoms with Crippen molar-refractivity contribution >= 4 is 16.9 Å². The van der Waals surface area contributed by atoms with Crippen molar-refractivity contribution in [3.63, 3.8) is 0 Å². The number of benzene rings is 3. The summed E-state index contributed by atoms with van der Waals surface area (Å²) < 4.78 is 10.8. The number of rotatable bonds is 5. The number of aryl methyl sites for hydroxylation is 1. The first-order valence-electron chi connectivity index (χ1n) is 11.5. The van der Waals surface area contributed by atoms with E-state index >= 15 is 0 Å². The molecule has 2 N–H and O–H groups in total. The molecular weight excluding hydrogens is 426 g/mol. The lowest BCUT2D eigenvalue weighted by Gasteiger charge is -2.36. The lowest BCUT2D eigenvalue weighted by molar-refractivity contribution is 0.179. The van der Waals surface area contributed by atoms with Crippen molar-refractivity contribution in [3.05, 3.63) is 94.7 Å². The average Bonchev–Trinajstić information content (AvgIpc) is 3.25. The van der Waals surface area contributed by atoms with E-state index in [2.05, 4.69) is 47.6 Å². The van der Waals surface area contributed by atoms with Crippen LogP contribution in [0.4, 0.5) is 4.79 Å². The minimum atomic E-state index is -0.230. The Morgan fingerprint density at radius 2 is 1.71 bits per heavy atom. The molecule has 4 aromatic rings. The zero-order valence-corrected chi connectivity index (χ0v) is 19.7. The first-order valence-corrected chi connectivity index (χ1v) is 11.5. The Hall–Kier alpha value is -3.93. The van der Waals surface area contributed by atoms with Crippen molar-refractivity contribution in [2.45, 2.75) is 25.9 Å². The average molecular weight is 456 g/mol. The summed E-state index contributed by atoms with van der Waals surface area (Å²) in [6.45, 7) is 3.17. The van der Waals surface area contributed by atoms with Crippen LogP contribution in [0.25, 0.3) is 10.9 Å². The molecule has 1 atom stereocenters. The highest BCUT2D eigenvalue weighted by Gasteiger charge is 2.34. The third-order valence-electron chi connectivity index (χ3n) is 6.59. The Kier molecular flexibility index (Phi) is 5.88. The van der Waals surface area contributed by atoms with E-state index in [0.717, 1.165) is 45.6 Å². The topological polar surface area (TPSA) is 66.6 Å². The Morgan fingerprint density at radius 1 is 1.00 bits per heavy atom. The van der Waals surface area contributed by atoms with Crippen LogP contribution in [0.1, 0.15) is 34.0 Å². The highest BCUT2D eigenvalue weighted by atomic mass is 16.5. The number of H-pyrrole nitrogens is 1. The van der Waals surface area contributed by atoms with Gasteiger partial charge in [0.15, 0.2) is 0 Å². The molecule has 1 aromatic heterocycles. The highest BCUT2D eigenvalue weighted by Crippen LogP contribution is 2.39. The van der Waals surface area contributed by atoms with Crippen LogP contribution >= 0.6 is 0 Å². The number of aromatic amines is 1. The van der Waals surface area contributed by atoms with E-state index < -0.39 is 0 Å². The number of methoxy groups -OCH3 is 2. The van der Waals surface area contributed by atoms with Gasteiger partial charge in [0.05, 0.1) is 20.3 Å². The quantitative estimate of drug-likeness (QED) is 0.426. The van der Waals surface area contributed by atoms with Gasteiger partial charge in [-0.05, 0) is 60.4 Å². The van der Waals surface area contributed by atoms with Crippen molar-refractivity contribution < 1.29 is 14.3 Å². The molecule has 0 saturated carbocycles. The smallest absolute Gasteiger partial charge is 0.318 e. The standard InChI is InChI=1S/C28H29N3O3/c1-18-4-6-19(7-5-18)17-29-28(32)31-15-14-23-24-16-22(34-3)12-13-25(24)30-26(23)27(31)20-8-10-21(33-2)11-9-20/h4-13,16,27,30H,14-15,17H2,1-3H3,(H,29,32)/t27-/m1/s1. The van der Waals surface area contributed by atoms with Gasteiger partial charge in [0, 0.05) is 29.7 Å². The van der Waals surface area contributed by atoms with Crippen molar-refractivity contribution in [2.24, 2.45) is 0 Å². The number of nitrogens with one attached hydrogen (secondary N) is 2. The monoisotopic (exact) mass is 455 g/mol. The second kappa shape index (κ2) is 9.14. The fourth-order valence-corrected chi connectivity index (χ4v) is 4.73. The van der Waals surface area contributed by atoms with Crippen LogP contribution in [0.15, 0.2) is 66.7 Å². The molecule has 0 saturated heterocycles. The predicted octanol–water partition coefficient (Wildman–Crippen LogP) is 5.35. The third-order valence-corrected chi connectivity index (χ3v) is 6.59. The van der Waals surface area contributed by atoms with E-state index in [-0.39, 0.29) is 12.1 Å². The van der Waals surface area contributed by atoms with Crippen LogP contribution in [0.2, 0.25) is 0 Å². The van der Waals surface area contributed by atoms with Gasteiger partial charge < -0.3 is 24.7 Å². The zero-order chi connectivity index (χ0) is 23.7. The van der Waals surface area contributed by atoms with Crippen LogP contribution in [0, 0.1) is 6.92 Å². The van der Waals surface area contributed by atoms with Gasteiger partial charge in [-0.2, -0.15) is 0 Å². The molecule has 3 aromatic carbocycles. The molecule has 1 aliphatic heterocycles. The van der Waals surface area contributed by atoms with Crippen LogP contribution in [0.3, 0.4) is 0 Å². The van der Waals surface area contributed by atoms with Crippen molar-refractivity contribution in [3.8, 4) is 11.5 Å². The summed E-state index contributed by atoms with van der Waals surface area (Å²) in [5, 5.41) is 4.27. The van der Waals surface area contributed by atoms with Gasteiger partial charge in [0.2, 0.25) is 0 Å². The largest absolute Gasteiger partial charge is 0.497 e. The first kappa shape index (κ1) is 21.9. The third kappa shape index (κ3) is 4.07. The summed E-state index contributed by atoms with van der Waals surface area (Å²) in [6.07, 6.45) is 0.771. The fourth-order valence-electron chi connectivity index (χ4n) is 4.73. The molecular formula is C28H29N3O3. The second-order valence-corrected chi connectivity index (χ2v) is 8.69. The van der Waals surface area contributed by atoms with E-state index in [9.17, 15) is 4.79 Å². The predicted molar refractivity (Wildman–Crippen MR) is 134 cm³/mol. The normalized spacial score (nSPS) is 15.1. The number of fused-ring (bicyclic) bond motifs is 3. The number of hydrogen-bond acceptors (Lipinski definition) is 3. The summed E-state index contributed by atoms with van der Waals surface area (Å²) in [5.74, 6) is 1.62. The Morgan fingerprint density at radius 3 is 2.41 bits per heavy atom. The van der Waals surface area contributed by atoms with Crippen molar-refractivity contribution in [1.82, 2.24) is 15.2 Å². The van der Waals surface area contributed by atoms with Crippen molar-refractivity contribution in [1.29, 1.82) is 0 Å². The molecule has 6 nitrogen and oxygen atoms in total. The molecule has 1 aliphatic rings. The van der Waals surface area contributed by atoms with Gasteiger partial charge in [-0.15, -0.1) is 0 Å². The number of aromatic nitrogens is 1. The van der Waals surface area contributed by atoms with Gasteiger partial charge in [0.1, 0.15) is 11.5 Å². The first-order chi connectivity index (χ1) is 16.6. The second-order valence-electron chi connectivity index (χ2n) is 8.69. The molecule has 34 heavy (non-hydrogen) atoms. The molecule has 0 fully saturated rings. The zero-order valence-electron chi connectivity index (χ0n) is 19.7. The minimum Gasteiger partial charge on any atom is -0.497 e. The molecule has 6 heteroatoms. The fraction of sp³-hybridized carbons (Fsp3) is 0.250. The lowest BCUT2D eigenvalue weighted by atomic mass is 9.92. The number of nitrogens with zero attached hydrogens (tertiary/aromatic N) is 1. The Balaban J connectivity index is 1.50. The number of carbonyl (C=O) groups is 1. The molecule has 2 heterocycles. The number of amides is 2. The van der Waals surface area contributed by atoms with E-state index in [1.165, 1.54) is 11.1 Å². The van der Waals surface area contributed by atoms with E-state index in [4.69, 9.17) is 9.47 Å². The Labute approximate surface area is 199 Å². The van der Waals surface area contributed by atoms with E-state index in [1.807, 2.05) is 41.3 Å². The Bertz CT molecular complexity index is 1310. The van der Waals surface area contributed by atoms with Gasteiger partial charge in [0.25, 0.3) is 0 Å². The van der Waals surface area contributed by atoms with Crippen LogP contribution in [-0.4, -0.2) is 36.7 Å². The maximum atomic E-state index is 13.4. The summed E-state index contributed by atoms with van der Waals surface area (Å²) in [4.78, 5) is 18.9. The van der Waals surface area contributed by atoms with Crippen LogP contribution in [-0.2, 0) is 13.0 Å². The molecule has 0 spiro atoms. The molecule has 174 valence electrons. The van der Waals surface area contributed by atoms with Crippen LogP contribution < -0.4 is 14.8 Å². The number of hydrogen-bond donors (Lipinski definition) is 2. The number of urea groups is 1. The molecule has 5 rings (SSSR count). The summed E-state index contributed by atoms with van der Waals surface area (Å²) in [7, 11) is 3.34. The maximum absolute atomic E-state index is 13.4. The molecule has 0 unspecified atom stereocenters. The van der Waals surface area contributed by atoms with Gasteiger partial charge in [-0.25, -0.2) is 4.79 Å². The van der Waals surface area contributed by atoms with E-state index in [1.54, 1.807) is 14.2 Å². The summed E-state index contributed by atoms with van der Waals surface area (Å²) >= 11 is 0.